The van der Waals surface area contributed by atoms with Gasteiger partial charge in [0.2, 0.25) is 0 Å². The number of para-hydroxylation sites is 1. The highest BCUT2D eigenvalue weighted by Gasteiger charge is 2.19. The van der Waals surface area contributed by atoms with Gasteiger partial charge in [-0.1, -0.05) is 19.1 Å². The van der Waals surface area contributed by atoms with E-state index in [1.165, 1.54) is 31.6 Å². The number of nitrogens with one attached hydrogen (secondary N) is 1. The van der Waals surface area contributed by atoms with E-state index in [9.17, 15) is 0 Å². The lowest BCUT2D eigenvalue weighted by Gasteiger charge is -2.35. The summed E-state index contributed by atoms with van der Waals surface area (Å²) in [6, 6.07) is 6.44. The average Bonchev–Trinajstić information content (AvgIpc) is 2.50. The normalized spacial score (nSPS) is 20.1. The summed E-state index contributed by atoms with van der Waals surface area (Å²) >= 11 is 0. The van der Waals surface area contributed by atoms with Gasteiger partial charge in [0, 0.05) is 44.8 Å². The Labute approximate surface area is 121 Å². The Morgan fingerprint density at radius 1 is 1.15 bits per heavy atom. The molecule has 0 aromatic heterocycles. The van der Waals surface area contributed by atoms with Crippen LogP contribution in [0.1, 0.15) is 18.9 Å². The van der Waals surface area contributed by atoms with Crippen LogP contribution in [-0.4, -0.2) is 55.7 Å². The van der Waals surface area contributed by atoms with Crippen LogP contribution in [0.25, 0.3) is 0 Å². The molecule has 2 heterocycles. The summed E-state index contributed by atoms with van der Waals surface area (Å²) in [6.45, 7) is 10.9. The maximum atomic E-state index is 5.86. The second-order valence-electron chi connectivity index (χ2n) is 5.69. The van der Waals surface area contributed by atoms with Crippen molar-refractivity contribution in [3.05, 3.63) is 23.8 Å². The molecule has 0 bridgehead atoms. The van der Waals surface area contributed by atoms with Gasteiger partial charge in [-0.2, -0.15) is 0 Å². The molecule has 1 N–H and O–H groups in total. The van der Waals surface area contributed by atoms with E-state index >= 15 is 0 Å². The zero-order valence-corrected chi connectivity index (χ0v) is 12.4. The van der Waals surface area contributed by atoms with Crippen molar-refractivity contribution in [3.8, 4) is 5.75 Å². The second kappa shape index (κ2) is 6.46. The Hall–Kier alpha value is -1.26. The first kappa shape index (κ1) is 13.7. The molecule has 1 aromatic carbocycles. The van der Waals surface area contributed by atoms with E-state index in [4.69, 9.17) is 4.74 Å². The molecular weight excluding hydrogens is 250 g/mol. The molecule has 0 amide bonds. The van der Waals surface area contributed by atoms with E-state index in [0.29, 0.717) is 0 Å². The zero-order valence-electron chi connectivity index (χ0n) is 12.4. The Morgan fingerprint density at radius 2 is 1.95 bits per heavy atom. The fourth-order valence-corrected chi connectivity index (χ4v) is 3.09. The molecule has 0 aliphatic carbocycles. The molecule has 0 radical (unpaired) electrons. The number of ether oxygens (including phenoxy) is 1. The molecule has 0 spiro atoms. The molecule has 3 rings (SSSR count). The zero-order chi connectivity index (χ0) is 13.8. The number of nitrogens with zero attached hydrogens (tertiary/aromatic N) is 2. The molecule has 110 valence electrons. The van der Waals surface area contributed by atoms with Crippen molar-refractivity contribution in [3.63, 3.8) is 0 Å². The number of hydrogen-bond donors (Lipinski definition) is 1. The van der Waals surface area contributed by atoms with Crippen LogP contribution in [0.15, 0.2) is 18.2 Å². The lowest BCUT2D eigenvalue weighted by molar-refractivity contribution is 0.126. The lowest BCUT2D eigenvalue weighted by Crippen LogP contribution is -2.46. The van der Waals surface area contributed by atoms with Crippen molar-refractivity contribution in [2.24, 2.45) is 0 Å². The summed E-state index contributed by atoms with van der Waals surface area (Å²) in [6.07, 6.45) is 1.26. The third kappa shape index (κ3) is 3.07. The van der Waals surface area contributed by atoms with Crippen molar-refractivity contribution in [1.29, 1.82) is 0 Å². The maximum Gasteiger partial charge on any atom is 0.146 e. The second-order valence-corrected chi connectivity index (χ2v) is 5.69. The quantitative estimate of drug-likeness (QED) is 0.910. The van der Waals surface area contributed by atoms with Crippen molar-refractivity contribution >= 4 is 5.69 Å². The van der Waals surface area contributed by atoms with Gasteiger partial charge in [-0.15, -0.1) is 0 Å². The molecule has 1 aromatic rings. The van der Waals surface area contributed by atoms with Crippen LogP contribution < -0.4 is 10.1 Å². The van der Waals surface area contributed by atoms with Gasteiger partial charge in [-0.3, -0.25) is 4.90 Å². The van der Waals surface area contributed by atoms with Crippen LogP contribution in [0.2, 0.25) is 0 Å². The van der Waals surface area contributed by atoms with Crippen LogP contribution in [0.4, 0.5) is 5.69 Å². The number of fused-ring (bicyclic) bond motifs is 1. The van der Waals surface area contributed by atoms with Crippen LogP contribution in [0, 0.1) is 0 Å². The van der Waals surface area contributed by atoms with Gasteiger partial charge in [-0.25, -0.2) is 0 Å². The van der Waals surface area contributed by atoms with Gasteiger partial charge < -0.3 is 15.0 Å². The molecule has 4 nitrogen and oxygen atoms in total. The number of piperazine rings is 1. The van der Waals surface area contributed by atoms with E-state index in [-0.39, 0.29) is 0 Å². The van der Waals surface area contributed by atoms with Gasteiger partial charge >= 0.3 is 0 Å². The first-order valence-corrected chi connectivity index (χ1v) is 7.80. The molecule has 0 atom stereocenters. The summed E-state index contributed by atoms with van der Waals surface area (Å²) in [5, 5.41) is 3.41. The van der Waals surface area contributed by atoms with Crippen molar-refractivity contribution in [2.75, 3.05) is 51.2 Å². The smallest absolute Gasteiger partial charge is 0.146 e. The molecule has 2 aliphatic rings. The molecule has 0 saturated carbocycles. The minimum Gasteiger partial charge on any atom is -0.489 e. The lowest BCUT2D eigenvalue weighted by atomic mass is 10.1. The predicted molar refractivity (Wildman–Crippen MR) is 82.4 cm³/mol. The van der Waals surface area contributed by atoms with Gasteiger partial charge in [0.25, 0.3) is 0 Å². The summed E-state index contributed by atoms with van der Waals surface area (Å²) in [5.41, 5.74) is 2.47. The topological polar surface area (TPSA) is 27.7 Å². The first-order valence-electron chi connectivity index (χ1n) is 7.80. The first-order chi connectivity index (χ1) is 9.86. The molecule has 20 heavy (non-hydrogen) atoms. The van der Waals surface area contributed by atoms with E-state index in [1.54, 1.807) is 0 Å². The van der Waals surface area contributed by atoms with Crippen LogP contribution in [0.5, 0.6) is 5.75 Å². The highest BCUT2D eigenvalue weighted by atomic mass is 16.5. The number of anilines is 1. The van der Waals surface area contributed by atoms with Gasteiger partial charge in [0.05, 0.1) is 5.69 Å². The largest absolute Gasteiger partial charge is 0.489 e. The van der Waals surface area contributed by atoms with Gasteiger partial charge in [-0.05, 0) is 19.0 Å². The summed E-state index contributed by atoms with van der Waals surface area (Å²) in [4.78, 5) is 5.11. The fraction of sp³-hybridized carbons (Fsp3) is 0.625. The standard InChI is InChI=1S/C16H25N3O/c1-2-7-18-8-10-19(11-9-18)13-14-4-3-5-15-16(14)20-12-6-17-15/h3-5,17H,2,6-13H2,1H3. The van der Waals surface area contributed by atoms with E-state index in [2.05, 4.69) is 40.2 Å². The molecule has 4 heteroatoms. The summed E-state index contributed by atoms with van der Waals surface area (Å²) in [5.74, 6) is 1.06. The van der Waals surface area contributed by atoms with E-state index < -0.39 is 0 Å². The highest BCUT2D eigenvalue weighted by Crippen LogP contribution is 2.32. The van der Waals surface area contributed by atoms with Gasteiger partial charge in [0.15, 0.2) is 0 Å². The average molecular weight is 275 g/mol. The predicted octanol–water partition coefficient (Wildman–Crippen LogP) is 2.02. The highest BCUT2D eigenvalue weighted by molar-refractivity contribution is 5.61. The Balaban J connectivity index is 1.61. The van der Waals surface area contributed by atoms with Crippen LogP contribution >= 0.6 is 0 Å². The van der Waals surface area contributed by atoms with Crippen LogP contribution in [-0.2, 0) is 6.54 Å². The third-order valence-corrected chi connectivity index (χ3v) is 4.16. The Morgan fingerprint density at radius 3 is 2.75 bits per heavy atom. The monoisotopic (exact) mass is 275 g/mol. The molecular formula is C16H25N3O. The fourth-order valence-electron chi connectivity index (χ4n) is 3.09. The molecule has 1 fully saturated rings. The number of hydrogen-bond acceptors (Lipinski definition) is 4. The summed E-state index contributed by atoms with van der Waals surface area (Å²) < 4.78 is 5.86. The molecule has 2 aliphatic heterocycles. The SMILES string of the molecule is CCCN1CCN(Cc2cccc3c2OCCN3)CC1. The van der Waals surface area contributed by atoms with Crippen molar-refractivity contribution in [2.45, 2.75) is 19.9 Å². The summed E-state index contributed by atoms with van der Waals surface area (Å²) in [7, 11) is 0. The third-order valence-electron chi connectivity index (χ3n) is 4.16. The number of rotatable bonds is 4. The van der Waals surface area contributed by atoms with E-state index in [1.807, 2.05) is 0 Å². The minimum absolute atomic E-state index is 0.772. The molecule has 0 unspecified atom stereocenters. The van der Waals surface area contributed by atoms with E-state index in [0.717, 1.165) is 44.2 Å². The Kier molecular flexibility index (Phi) is 4.43. The minimum atomic E-state index is 0.772. The van der Waals surface area contributed by atoms with Crippen LogP contribution in [0.3, 0.4) is 0 Å². The number of benzene rings is 1. The molecule has 1 saturated heterocycles. The Bertz CT molecular complexity index is 441. The maximum absolute atomic E-state index is 5.86. The van der Waals surface area contributed by atoms with Crippen molar-refractivity contribution in [1.82, 2.24) is 9.80 Å². The van der Waals surface area contributed by atoms with Gasteiger partial charge in [0.1, 0.15) is 12.4 Å². The van der Waals surface area contributed by atoms with Crippen molar-refractivity contribution < 1.29 is 4.74 Å².